The number of aromatic nitrogens is 4. The predicted octanol–water partition coefficient (Wildman–Crippen LogP) is 9.90. The number of nitrogens with one attached hydrogen (secondary N) is 4. The fourth-order valence-electron chi connectivity index (χ4n) is 9.30. The number of carboxylic acid groups (broad SMARTS) is 6. The molecule has 0 aliphatic carbocycles. The number of carbonyl (C=O) groups excluding carboxylic acids is 2. The summed E-state index contributed by atoms with van der Waals surface area (Å²) in [6, 6.07) is 56.5. The predicted molar refractivity (Wildman–Crippen MR) is 347 cm³/mol. The highest BCUT2D eigenvalue weighted by molar-refractivity contribution is 6.31. The number of hydrogen-bond donors (Lipinski definition) is 10. The number of carboxylic acids is 6. The van der Waals surface area contributed by atoms with E-state index in [2.05, 4.69) is 94.5 Å². The van der Waals surface area contributed by atoms with Crippen molar-refractivity contribution in [2.24, 2.45) is 0 Å². The molecule has 22 nitrogen and oxygen atoms in total. The van der Waals surface area contributed by atoms with Crippen molar-refractivity contribution in [3.05, 3.63) is 190 Å². The van der Waals surface area contributed by atoms with Gasteiger partial charge in [0, 0.05) is 92.1 Å². The fraction of sp³-hybridized carbons (Fsp3) is 0.182. The van der Waals surface area contributed by atoms with Gasteiger partial charge in [0.25, 0.3) is 0 Å². The van der Waals surface area contributed by atoms with Crippen LogP contribution in [0.1, 0.15) is 53.4 Å². The van der Waals surface area contributed by atoms with Crippen LogP contribution in [0.15, 0.2) is 170 Å². The van der Waals surface area contributed by atoms with E-state index in [9.17, 15) is 39.0 Å². The zero-order valence-electron chi connectivity index (χ0n) is 49.4. The number of para-hydroxylation sites is 4. The van der Waals surface area contributed by atoms with Crippen molar-refractivity contribution in [1.82, 2.24) is 9.97 Å². The van der Waals surface area contributed by atoms with E-state index in [4.69, 9.17) is 87.0 Å². The Morgan fingerprint density at radius 2 is 0.696 bits per heavy atom. The minimum atomic E-state index is -2.85. The maximum atomic E-state index is 10.2. The normalized spacial score (nSPS) is 11.2. The molecule has 10 rings (SSSR count). The Balaban J connectivity index is 0.000000191. The Hall–Kier alpha value is -9.94. The molecule has 92 heavy (non-hydrogen) atoms. The lowest BCUT2D eigenvalue weighted by atomic mass is 9.96. The lowest BCUT2D eigenvalue weighted by molar-refractivity contribution is -0.538. The second kappa shape index (κ2) is 30.7. The number of halogens is 4. The van der Waals surface area contributed by atoms with Crippen molar-refractivity contribution in [3.63, 3.8) is 0 Å². The number of carbonyl (C=O) groups is 6. The van der Waals surface area contributed by atoms with Crippen molar-refractivity contribution < 1.29 is 78.8 Å². The van der Waals surface area contributed by atoms with Crippen molar-refractivity contribution in [1.29, 1.82) is 0 Å². The molecule has 26 heteroatoms. The maximum Gasteiger partial charge on any atom is 0.306 e. The smallest absolute Gasteiger partial charge is 0.306 e. The number of aliphatic carboxylic acids is 6. The van der Waals surface area contributed by atoms with Crippen LogP contribution in [-0.2, 0) is 28.8 Å². The van der Waals surface area contributed by atoms with Crippen molar-refractivity contribution in [2.45, 2.75) is 76.7 Å². The molecule has 0 radical (unpaired) electrons. The lowest BCUT2D eigenvalue weighted by Crippen LogP contribution is -2.51. The summed E-state index contributed by atoms with van der Waals surface area (Å²) in [5.41, 5.74) is 9.81. The van der Waals surface area contributed by atoms with Crippen LogP contribution in [0, 0.1) is 0 Å². The summed E-state index contributed by atoms with van der Waals surface area (Å²) >= 11 is 24.5. The molecular formula is C66H60Cl4N8O14. The second-order valence-corrected chi connectivity index (χ2v) is 23.1. The van der Waals surface area contributed by atoms with Gasteiger partial charge in [0.2, 0.25) is 33.4 Å². The van der Waals surface area contributed by atoms with E-state index in [0.29, 0.717) is 20.1 Å². The summed E-state index contributed by atoms with van der Waals surface area (Å²) in [5, 5.41) is 88.1. The standard InChI is InChI=1S/2C27H22Cl2N4.2C6H8O7/c2*1-17(2)30-24-16-27-25(15-23(24)31-20-11-7-18(28)8-12-20)32-22-5-3-4-6-26(22)33(27)21-13-9-19(29)10-14-21;2*7-3(8)1-6(13,5(11)12)2-4(9)10/h2*3-17H,1-2H3,(H,31,32);2*13H,1-2H2,(H,7,8)(H,9,10)(H,11,12). The van der Waals surface area contributed by atoms with Crippen LogP contribution in [0.5, 0.6) is 0 Å². The minimum absolute atomic E-state index is 0.255. The third-order valence-electron chi connectivity index (χ3n) is 13.3. The fourth-order valence-corrected chi connectivity index (χ4v) is 9.81. The van der Waals surface area contributed by atoms with E-state index in [1.807, 2.05) is 133 Å². The number of fused-ring (bicyclic) bond motifs is 4. The number of anilines is 6. The highest BCUT2D eigenvalue weighted by Crippen LogP contribution is 2.34. The van der Waals surface area contributed by atoms with E-state index in [1.165, 1.54) is 0 Å². The molecular weight excluding hydrogens is 1270 g/mol. The van der Waals surface area contributed by atoms with Gasteiger partial charge in [0.1, 0.15) is 33.3 Å². The monoisotopic (exact) mass is 1330 g/mol. The molecule has 10 N–H and O–H groups in total. The molecule has 2 heterocycles. The Morgan fingerprint density at radius 1 is 0.413 bits per heavy atom. The van der Waals surface area contributed by atoms with Gasteiger partial charge < -0.3 is 71.7 Å². The maximum absolute atomic E-state index is 10.2. The number of aliphatic hydroxyl groups is 2. The van der Waals surface area contributed by atoms with Crippen LogP contribution < -0.4 is 40.6 Å². The molecule has 0 fully saturated rings. The molecule has 0 spiro atoms. The van der Waals surface area contributed by atoms with Crippen LogP contribution in [0.25, 0.3) is 55.5 Å². The summed E-state index contributed by atoms with van der Waals surface area (Å²) < 4.78 is 4.46. The number of hydrogen-bond acceptors (Lipinski definition) is 16. The van der Waals surface area contributed by atoms with Crippen LogP contribution in [0.2, 0.25) is 20.1 Å². The van der Waals surface area contributed by atoms with Crippen LogP contribution in [-0.4, -0.2) is 99.7 Å². The summed E-state index contributed by atoms with van der Waals surface area (Å²) in [6.07, 6.45) is -4.83. The van der Waals surface area contributed by atoms with Crippen LogP contribution >= 0.6 is 46.4 Å². The third-order valence-corrected chi connectivity index (χ3v) is 14.3. The molecule has 0 unspecified atom stereocenters. The van der Waals surface area contributed by atoms with E-state index in [1.54, 1.807) is 0 Å². The number of rotatable bonds is 20. The first-order valence-electron chi connectivity index (χ1n) is 27.9. The molecule has 10 aromatic rings. The van der Waals surface area contributed by atoms with Crippen LogP contribution in [0.4, 0.5) is 34.1 Å². The number of nitrogens with zero attached hydrogens (tertiary/aromatic N) is 4. The van der Waals surface area contributed by atoms with E-state index >= 15 is 0 Å². The molecule has 0 aliphatic heterocycles. The second-order valence-electron chi connectivity index (χ2n) is 21.4. The quantitative estimate of drug-likeness (QED) is 0.0250. The first-order valence-corrected chi connectivity index (χ1v) is 29.4. The van der Waals surface area contributed by atoms with Gasteiger partial charge in [-0.25, -0.2) is 9.97 Å². The topological polar surface area (TPSA) is 352 Å². The van der Waals surface area contributed by atoms with Crippen molar-refractivity contribution in [2.75, 3.05) is 21.3 Å². The lowest BCUT2D eigenvalue weighted by Gasteiger charge is -2.25. The zero-order valence-corrected chi connectivity index (χ0v) is 52.4. The van der Waals surface area contributed by atoms with E-state index in [-0.39, 0.29) is 12.1 Å². The Kier molecular flexibility index (Phi) is 23.2. The van der Waals surface area contributed by atoms with Crippen molar-refractivity contribution >= 4 is 160 Å². The largest absolute Gasteiger partial charge is 0.547 e. The van der Waals surface area contributed by atoms with E-state index < -0.39 is 72.7 Å². The summed E-state index contributed by atoms with van der Waals surface area (Å²) in [4.78, 5) is 70.6. The summed E-state index contributed by atoms with van der Waals surface area (Å²) in [7, 11) is 0. The summed E-state index contributed by atoms with van der Waals surface area (Å²) in [6.45, 7) is 8.51. The number of benzene rings is 8. The van der Waals surface area contributed by atoms with E-state index in [0.717, 1.165) is 89.6 Å². The van der Waals surface area contributed by atoms with Gasteiger partial charge in [-0.15, -0.1) is 9.13 Å². The molecule has 2 aromatic heterocycles. The van der Waals surface area contributed by atoms with Gasteiger partial charge in [-0.1, -0.05) is 70.7 Å². The minimum Gasteiger partial charge on any atom is -0.547 e. The summed E-state index contributed by atoms with van der Waals surface area (Å²) in [5.74, 6) is -10.7. The Bertz CT molecular complexity index is 4050. The Labute approximate surface area is 545 Å². The average molecular weight is 1330 g/mol. The molecule has 0 amide bonds. The highest BCUT2D eigenvalue weighted by Gasteiger charge is 2.36. The van der Waals surface area contributed by atoms with Gasteiger partial charge >= 0.3 is 23.9 Å². The molecule has 0 atom stereocenters. The first-order chi connectivity index (χ1) is 43.5. The van der Waals surface area contributed by atoms with Gasteiger partial charge in [-0.3, -0.25) is 19.2 Å². The SMILES string of the molecule is CC(C)Nc1cc2c(cc1Nc1ccc(Cl)cc1)nc1ccccc1[n+]2-c1ccc(Cl)cc1.CC(C)Nc1cc2c(cc1Nc1ccc(Cl)cc1)nc1ccccc1[n+]2-c1ccc(Cl)cc1.O=C(O)CC(O)(CC(=O)O)C(=O)[O-].O=C(O)CC(O)(CC(=O)O)C(=O)[O-]. The van der Waals surface area contributed by atoms with Crippen LogP contribution in [0.3, 0.4) is 0 Å². The Morgan fingerprint density at radius 3 is 0.967 bits per heavy atom. The third kappa shape index (κ3) is 18.6. The molecule has 0 saturated heterocycles. The van der Waals surface area contributed by atoms with Crippen molar-refractivity contribution in [3.8, 4) is 11.4 Å². The first kappa shape index (κ1) is 69.5. The average Bonchev–Trinajstić information content (AvgIpc) is 0.761. The van der Waals surface area contributed by atoms with Gasteiger partial charge in [-0.05, 0) is 125 Å². The van der Waals surface area contributed by atoms with Gasteiger partial charge in [-0.2, -0.15) is 0 Å². The zero-order chi connectivity index (χ0) is 67.2. The molecule has 0 bridgehead atoms. The molecule has 8 aromatic carbocycles. The molecule has 0 saturated carbocycles. The molecule has 476 valence electrons. The van der Waals surface area contributed by atoms with Gasteiger partial charge in [0.15, 0.2) is 0 Å². The highest BCUT2D eigenvalue weighted by atomic mass is 35.5. The molecule has 0 aliphatic rings. The van der Waals surface area contributed by atoms with Gasteiger partial charge in [0.05, 0.1) is 60.4 Å².